The van der Waals surface area contributed by atoms with E-state index in [0.717, 1.165) is 45.5 Å². The molecule has 20 nitrogen and oxygen atoms in total. The third-order valence-corrected chi connectivity index (χ3v) is 9.98. The summed E-state index contributed by atoms with van der Waals surface area (Å²) in [7, 11) is 5.81. The van der Waals surface area contributed by atoms with Gasteiger partial charge in [0.1, 0.15) is 31.3 Å². The Hall–Kier alpha value is -3.27. The van der Waals surface area contributed by atoms with Gasteiger partial charge in [-0.2, -0.15) is 0 Å². The molecule has 75 heavy (non-hydrogen) atoms. The number of carbonyl (C=O) groups excluding carboxylic acids is 7. The quantitative estimate of drug-likeness (QED) is 0.0195. The summed E-state index contributed by atoms with van der Waals surface area (Å²) in [5.74, 6) is -2.57. The Bertz CT molecular complexity index is 1340. The Morgan fingerprint density at radius 2 is 0.933 bits per heavy atom. The van der Waals surface area contributed by atoms with E-state index in [0.29, 0.717) is 38.6 Å². The van der Waals surface area contributed by atoms with Crippen molar-refractivity contribution in [2.24, 2.45) is 5.73 Å². The van der Waals surface area contributed by atoms with Crippen LogP contribution in [0.4, 0.5) is 0 Å². The zero-order valence-electron chi connectivity index (χ0n) is 48.3. The van der Waals surface area contributed by atoms with E-state index in [4.69, 9.17) is 43.4 Å². The Balaban J connectivity index is -0.000000512. The van der Waals surface area contributed by atoms with Crippen LogP contribution < -0.4 is 27.0 Å². The number of hydrogen-bond acceptors (Lipinski definition) is 14. The number of aliphatic carboxylic acids is 1. The van der Waals surface area contributed by atoms with Crippen LogP contribution in [0.1, 0.15) is 197 Å². The summed E-state index contributed by atoms with van der Waals surface area (Å²) in [6.45, 7) is 18.5. The number of unbranched alkanes of at least 4 members (excludes halogenated alkanes) is 15. The number of Topliss-reactive ketones (excluding diaryl/α,β-unsaturated/α-hetero) is 1. The summed E-state index contributed by atoms with van der Waals surface area (Å²) in [4.78, 5) is 91.2. The van der Waals surface area contributed by atoms with Gasteiger partial charge in [0.25, 0.3) is 0 Å². The number of aldehydes is 1. The number of carbonyl (C=O) groups is 8. The molecule has 0 aromatic carbocycles. The van der Waals surface area contributed by atoms with Crippen LogP contribution in [0.2, 0.25) is 0 Å². The van der Waals surface area contributed by atoms with Gasteiger partial charge in [-0.1, -0.05) is 137 Å². The Morgan fingerprint density at radius 1 is 0.560 bits per heavy atom. The third-order valence-electron chi connectivity index (χ3n) is 9.98. The van der Waals surface area contributed by atoms with Crippen LogP contribution in [0.5, 0.6) is 0 Å². The van der Waals surface area contributed by atoms with E-state index in [1.54, 1.807) is 13.8 Å². The van der Waals surface area contributed by atoms with E-state index >= 15 is 0 Å². The van der Waals surface area contributed by atoms with Gasteiger partial charge in [0, 0.05) is 64.6 Å². The van der Waals surface area contributed by atoms with Gasteiger partial charge in [0.2, 0.25) is 23.6 Å². The van der Waals surface area contributed by atoms with Gasteiger partial charge in [-0.15, -0.1) is 0 Å². The van der Waals surface area contributed by atoms with Crippen LogP contribution in [0.15, 0.2) is 0 Å². The van der Waals surface area contributed by atoms with E-state index in [1.165, 1.54) is 58.3 Å². The number of carboxylic acids is 1. The second-order valence-corrected chi connectivity index (χ2v) is 16.8. The molecule has 0 bridgehead atoms. The molecular weight excluding hydrogens is 1010 g/mol. The Morgan fingerprint density at radius 3 is 1.32 bits per heavy atom. The molecule has 0 saturated carbocycles. The van der Waals surface area contributed by atoms with Crippen molar-refractivity contribution in [1.82, 2.24) is 21.3 Å². The third kappa shape index (κ3) is 72.8. The normalized spacial score (nSPS) is 10.8. The van der Waals surface area contributed by atoms with Crippen LogP contribution in [0.3, 0.4) is 0 Å². The predicted molar refractivity (Wildman–Crippen MR) is 295 cm³/mol. The molecule has 4 amide bonds. The van der Waals surface area contributed by atoms with Gasteiger partial charge in [-0.05, 0) is 46.5 Å². The molecule has 0 aliphatic rings. The van der Waals surface area contributed by atoms with Crippen LogP contribution in [0, 0.1) is 0 Å². The number of ether oxygens (including phenoxy) is 4. The summed E-state index contributed by atoms with van der Waals surface area (Å²) < 4.78 is 21.3. The summed E-state index contributed by atoms with van der Waals surface area (Å²) >= 11 is 0. The molecule has 0 aromatic rings. The number of ketones is 1. The van der Waals surface area contributed by atoms with E-state index in [2.05, 4.69) is 21.3 Å². The van der Waals surface area contributed by atoms with Crippen LogP contribution in [-0.2, 0) is 75.9 Å². The number of nitrogens with one attached hydrogen (secondary N) is 5. The first kappa shape index (κ1) is 85.6. The largest absolute Gasteiger partial charge is 0.668 e. The summed E-state index contributed by atoms with van der Waals surface area (Å²) in [6.07, 6.45) is 19.7. The number of rotatable bonds is 45. The standard InChI is InChI=1S/C42H76N5O12.C4H8BNO.3C2H6.CH4O.V/c1-35(49)36(43)19-16-17-23-44-40(52)33-58-31-30-57-28-25-46-41(53)34-59-32-29-56-27-24-45-38(50)22-21-37(42(54)55)47-39(51)20-15-13-11-9-7-5-3-2-4-6-8-10-12-14-18-26-48;1-4(2,6)3(5)7;4*1-2;/h26,36-37,43H,2-25,27-34H2,1H3,(H,44,52)(H,45,50)(H,46,53)(H,47,51)(H,54,55);6H2,1-2H3;3*1-2H3;2H,1H3;/q-1;;;;;;. The molecule has 22 heteroatoms. The number of amides is 4. The van der Waals surface area contributed by atoms with Crippen molar-refractivity contribution in [2.75, 3.05) is 79.6 Å². The number of carboxylic acid groups (broad SMARTS) is 1. The van der Waals surface area contributed by atoms with Gasteiger partial charge in [0.15, 0.2) is 7.85 Å². The number of aliphatic hydroxyl groups excluding tert-OH is 1. The molecule has 0 aromatic heterocycles. The van der Waals surface area contributed by atoms with Gasteiger partial charge < -0.3 is 76.3 Å². The fourth-order valence-electron chi connectivity index (χ4n) is 5.82. The zero-order chi connectivity index (χ0) is 57.7. The van der Waals surface area contributed by atoms with Crippen LogP contribution in [0.25, 0.3) is 5.73 Å². The van der Waals surface area contributed by atoms with E-state index in [1.807, 2.05) is 41.5 Å². The number of aliphatic hydroxyl groups is 1. The molecule has 2 unspecified atom stereocenters. The van der Waals surface area contributed by atoms with Crippen LogP contribution in [-0.4, -0.2) is 163 Å². The molecule has 0 heterocycles. The minimum Gasteiger partial charge on any atom is -0.668 e. The molecule has 2 atom stereocenters. The maximum absolute atomic E-state index is 12.3. The van der Waals surface area contributed by atoms with Crippen molar-refractivity contribution in [1.29, 1.82) is 0 Å². The number of hydrogen-bond donors (Lipinski definition) is 7. The van der Waals surface area contributed by atoms with Crippen molar-refractivity contribution in [3.05, 3.63) is 5.73 Å². The number of nitrogens with two attached hydrogens (primary N) is 1. The summed E-state index contributed by atoms with van der Waals surface area (Å²) in [5, 5.41) is 27.1. The first-order valence-corrected chi connectivity index (χ1v) is 27.3. The van der Waals surface area contributed by atoms with Crippen molar-refractivity contribution in [3.63, 3.8) is 0 Å². The minimum absolute atomic E-state index is 0. The molecule has 0 saturated heterocycles. The summed E-state index contributed by atoms with van der Waals surface area (Å²) in [5.41, 5.74) is 11.4. The zero-order valence-corrected chi connectivity index (χ0v) is 49.7. The van der Waals surface area contributed by atoms with Crippen molar-refractivity contribution in [2.45, 2.75) is 215 Å². The molecule has 0 fully saturated rings. The van der Waals surface area contributed by atoms with E-state index in [9.17, 15) is 43.5 Å². The molecule has 0 aliphatic heterocycles. The first-order valence-electron chi connectivity index (χ1n) is 27.3. The maximum Gasteiger partial charge on any atom is 0.326 e. The van der Waals surface area contributed by atoms with Gasteiger partial charge in [-0.3, -0.25) is 19.2 Å². The molecule has 0 rings (SSSR count). The fraction of sp³-hybridized carbons (Fsp3) is 0.849. The average molecular weight is 1110 g/mol. The molecule has 0 aliphatic carbocycles. The molecule has 0 spiro atoms. The van der Waals surface area contributed by atoms with Crippen molar-refractivity contribution >= 4 is 55.2 Å². The van der Waals surface area contributed by atoms with Crippen molar-refractivity contribution in [3.8, 4) is 0 Å². The topological polar surface area (TPSA) is 312 Å². The van der Waals surface area contributed by atoms with Crippen LogP contribution >= 0.6 is 0 Å². The van der Waals surface area contributed by atoms with Gasteiger partial charge in [-0.25, -0.2) is 4.79 Å². The summed E-state index contributed by atoms with van der Waals surface area (Å²) in [6, 6.07) is -1.83. The van der Waals surface area contributed by atoms with Crippen molar-refractivity contribution < 1.29 is 86.1 Å². The van der Waals surface area contributed by atoms with E-state index in [-0.39, 0.29) is 133 Å². The van der Waals surface area contributed by atoms with E-state index < -0.39 is 29.3 Å². The molecule has 3 radical (unpaired) electrons. The smallest absolute Gasteiger partial charge is 0.326 e. The SMILES string of the molecule is CC.CC.CC.CC(=O)C([NH-])CCCCNC(=O)COCCOCCNC(=O)COCCOCCNC(=O)CCC(NC(=O)CCCCCCCCCCCCCCCCC=O)C(=O)O.CO.[B]C(=O)C(C)(C)N.[V]. The molecule has 441 valence electrons. The van der Waals surface area contributed by atoms with Gasteiger partial charge in [0.05, 0.1) is 50.9 Å². The molecule has 9 N–H and O–H groups in total. The molecular formula is C53H106BN6O14V-. The maximum atomic E-state index is 12.3. The van der Waals surface area contributed by atoms with Gasteiger partial charge >= 0.3 is 5.97 Å². The average Bonchev–Trinajstić information content (AvgIpc) is 3.38. The fourth-order valence-corrected chi connectivity index (χ4v) is 5.82. The minimum atomic E-state index is -1.18. The second kappa shape index (κ2) is 68.7. The Labute approximate surface area is 466 Å². The second-order valence-electron chi connectivity index (χ2n) is 16.8. The Kier molecular flexibility index (Phi) is 78.5. The predicted octanol–water partition coefficient (Wildman–Crippen LogP) is 6.48. The first-order chi connectivity index (χ1) is 35.5. The monoisotopic (exact) mass is 1110 g/mol.